The summed E-state index contributed by atoms with van der Waals surface area (Å²) < 4.78 is 89.8. The minimum atomic E-state index is -6.25. The summed E-state index contributed by atoms with van der Waals surface area (Å²) in [6, 6.07) is -6.88. The lowest BCUT2D eigenvalue weighted by molar-refractivity contribution is -0.431. The zero-order valence-corrected chi connectivity index (χ0v) is 6.04. The van der Waals surface area contributed by atoms with E-state index in [-0.39, 0.29) is 6.26 Å². The topological polar surface area (TPSA) is 18.5 Å². The fourth-order valence-corrected chi connectivity index (χ4v) is 0.603. The molecule has 0 aromatic rings. The molecule has 1 aliphatic rings. The standard InChI is InChI=1S/C5HF7O2/c6-2-1-13-5(12,14-2)3(7,8)4(9,10)11/h1H. The largest absolute Gasteiger partial charge is 0.486 e. The third-order valence-corrected chi connectivity index (χ3v) is 1.26. The normalized spacial score (nSPS) is 28.1. The number of halogens is 7. The van der Waals surface area contributed by atoms with Gasteiger partial charge in [0.15, 0.2) is 6.26 Å². The van der Waals surface area contributed by atoms with E-state index < -0.39 is 24.2 Å². The second-order valence-corrected chi connectivity index (χ2v) is 2.25. The van der Waals surface area contributed by atoms with Crippen LogP contribution in [-0.2, 0) is 9.47 Å². The Hall–Kier alpha value is -1.15. The van der Waals surface area contributed by atoms with Gasteiger partial charge in [0.05, 0.1) is 0 Å². The quantitative estimate of drug-likeness (QED) is 0.640. The molecule has 1 aliphatic heterocycles. The Morgan fingerprint density at radius 2 is 1.64 bits per heavy atom. The van der Waals surface area contributed by atoms with Gasteiger partial charge in [-0.3, -0.25) is 0 Å². The van der Waals surface area contributed by atoms with E-state index in [9.17, 15) is 30.7 Å². The van der Waals surface area contributed by atoms with Crippen LogP contribution in [0.4, 0.5) is 30.7 Å². The molecule has 14 heavy (non-hydrogen) atoms. The molecular formula is C5HF7O2. The Balaban J connectivity index is 2.95. The molecule has 0 saturated carbocycles. The first-order valence-electron chi connectivity index (χ1n) is 2.96. The van der Waals surface area contributed by atoms with Gasteiger partial charge in [-0.25, -0.2) is 0 Å². The molecule has 0 aromatic carbocycles. The van der Waals surface area contributed by atoms with E-state index >= 15 is 0 Å². The van der Waals surface area contributed by atoms with Crippen LogP contribution in [-0.4, -0.2) is 18.1 Å². The highest BCUT2D eigenvalue weighted by atomic mass is 19.4. The van der Waals surface area contributed by atoms with E-state index in [2.05, 4.69) is 9.47 Å². The van der Waals surface area contributed by atoms with Crippen molar-refractivity contribution in [3.05, 3.63) is 12.3 Å². The molecule has 0 N–H and O–H groups in total. The van der Waals surface area contributed by atoms with Crippen molar-refractivity contribution in [1.82, 2.24) is 0 Å². The molecule has 0 amide bonds. The highest BCUT2D eigenvalue weighted by Gasteiger charge is 2.78. The predicted octanol–water partition coefficient (Wildman–Crippen LogP) is 2.62. The van der Waals surface area contributed by atoms with Crippen molar-refractivity contribution in [3.8, 4) is 0 Å². The Morgan fingerprint density at radius 3 is 1.93 bits per heavy atom. The van der Waals surface area contributed by atoms with Crippen LogP contribution >= 0.6 is 0 Å². The number of hydrogen-bond donors (Lipinski definition) is 0. The van der Waals surface area contributed by atoms with E-state index in [1.807, 2.05) is 0 Å². The van der Waals surface area contributed by atoms with Gasteiger partial charge in [-0.2, -0.15) is 30.7 Å². The average Bonchev–Trinajstić information content (AvgIpc) is 2.30. The third-order valence-electron chi connectivity index (χ3n) is 1.26. The second-order valence-electron chi connectivity index (χ2n) is 2.25. The van der Waals surface area contributed by atoms with E-state index in [4.69, 9.17) is 0 Å². The summed E-state index contributed by atoms with van der Waals surface area (Å²) in [5.41, 5.74) is 0. The first kappa shape index (κ1) is 10.9. The van der Waals surface area contributed by atoms with Crippen molar-refractivity contribution in [2.24, 2.45) is 0 Å². The number of alkyl halides is 6. The van der Waals surface area contributed by atoms with Gasteiger partial charge in [0.25, 0.3) is 0 Å². The molecule has 1 atom stereocenters. The molecule has 0 spiro atoms. The summed E-state index contributed by atoms with van der Waals surface area (Å²) in [6.45, 7) is 0. The smallest absolute Gasteiger partial charge is 0.423 e. The van der Waals surface area contributed by atoms with Gasteiger partial charge in [0, 0.05) is 0 Å². The highest BCUT2D eigenvalue weighted by molar-refractivity contribution is 4.95. The van der Waals surface area contributed by atoms with E-state index in [0.29, 0.717) is 0 Å². The second kappa shape index (κ2) is 2.67. The Kier molecular flexibility index (Phi) is 2.09. The molecule has 0 saturated heterocycles. The minimum Gasteiger partial charge on any atom is -0.423 e. The molecule has 1 heterocycles. The van der Waals surface area contributed by atoms with Crippen molar-refractivity contribution in [2.75, 3.05) is 0 Å². The van der Waals surface area contributed by atoms with E-state index in [0.717, 1.165) is 0 Å². The molecule has 82 valence electrons. The van der Waals surface area contributed by atoms with Gasteiger partial charge in [0.1, 0.15) is 0 Å². The monoisotopic (exact) mass is 226 g/mol. The lowest BCUT2D eigenvalue weighted by Gasteiger charge is -2.27. The van der Waals surface area contributed by atoms with Crippen molar-refractivity contribution in [3.63, 3.8) is 0 Å². The summed E-state index contributed by atoms with van der Waals surface area (Å²) in [4.78, 5) is 0. The Bertz CT molecular complexity index is 270. The third kappa shape index (κ3) is 1.36. The van der Waals surface area contributed by atoms with Gasteiger partial charge in [-0.15, -0.1) is 0 Å². The van der Waals surface area contributed by atoms with Crippen LogP contribution in [0.15, 0.2) is 12.3 Å². The van der Waals surface area contributed by atoms with Crippen molar-refractivity contribution in [2.45, 2.75) is 18.1 Å². The van der Waals surface area contributed by atoms with Gasteiger partial charge in [0.2, 0.25) is 0 Å². The van der Waals surface area contributed by atoms with Crippen LogP contribution in [0, 0.1) is 0 Å². The zero-order chi connectivity index (χ0) is 11.2. The molecule has 9 heteroatoms. The minimum absolute atomic E-state index is 0.320. The van der Waals surface area contributed by atoms with E-state index in [1.54, 1.807) is 0 Å². The van der Waals surface area contributed by atoms with E-state index in [1.165, 1.54) is 0 Å². The maximum Gasteiger partial charge on any atom is 0.486 e. The molecule has 1 rings (SSSR count). The maximum atomic E-state index is 12.6. The lowest BCUT2D eigenvalue weighted by Crippen LogP contribution is -2.55. The molecule has 0 aliphatic carbocycles. The fraction of sp³-hybridized carbons (Fsp3) is 0.600. The number of ether oxygens (including phenoxy) is 2. The molecule has 0 fully saturated rings. The van der Waals surface area contributed by atoms with Crippen LogP contribution in [0.5, 0.6) is 0 Å². The van der Waals surface area contributed by atoms with Crippen LogP contribution < -0.4 is 0 Å². The summed E-state index contributed by atoms with van der Waals surface area (Å²) >= 11 is 0. The van der Waals surface area contributed by atoms with Crippen LogP contribution in [0.2, 0.25) is 0 Å². The molecule has 1 unspecified atom stereocenters. The molecular weight excluding hydrogens is 225 g/mol. The SMILES string of the molecule is FC1=COC(F)(C(F)(F)C(F)(F)F)O1. The molecule has 0 aromatic heterocycles. The maximum absolute atomic E-state index is 12.6. The predicted molar refractivity (Wildman–Crippen MR) is 26.2 cm³/mol. The van der Waals surface area contributed by atoms with Gasteiger partial charge < -0.3 is 9.47 Å². The van der Waals surface area contributed by atoms with Crippen LogP contribution in [0.3, 0.4) is 0 Å². The number of hydrogen-bond acceptors (Lipinski definition) is 2. The van der Waals surface area contributed by atoms with Crippen molar-refractivity contribution in [1.29, 1.82) is 0 Å². The fourth-order valence-electron chi connectivity index (χ4n) is 0.603. The Labute approximate surface area is 71.9 Å². The van der Waals surface area contributed by atoms with Crippen molar-refractivity contribution >= 4 is 0 Å². The summed E-state index contributed by atoms with van der Waals surface area (Å²) in [7, 11) is 0. The van der Waals surface area contributed by atoms with Crippen molar-refractivity contribution < 1.29 is 40.2 Å². The number of rotatable bonds is 1. The van der Waals surface area contributed by atoms with Gasteiger partial charge in [-0.1, -0.05) is 0 Å². The zero-order valence-electron chi connectivity index (χ0n) is 6.04. The molecule has 0 radical (unpaired) electrons. The molecule has 2 nitrogen and oxygen atoms in total. The average molecular weight is 226 g/mol. The van der Waals surface area contributed by atoms with Gasteiger partial charge >= 0.3 is 24.2 Å². The molecule has 0 bridgehead atoms. The van der Waals surface area contributed by atoms with Crippen LogP contribution in [0.1, 0.15) is 0 Å². The summed E-state index contributed by atoms with van der Waals surface area (Å²) in [5.74, 6) is -5.97. The highest BCUT2D eigenvalue weighted by Crippen LogP contribution is 2.49. The lowest BCUT2D eigenvalue weighted by atomic mass is 10.3. The van der Waals surface area contributed by atoms with Gasteiger partial charge in [-0.05, 0) is 0 Å². The first-order valence-corrected chi connectivity index (χ1v) is 2.96. The first-order chi connectivity index (χ1) is 6.10. The summed E-state index contributed by atoms with van der Waals surface area (Å²) in [5, 5.41) is 0. The van der Waals surface area contributed by atoms with Crippen LogP contribution in [0.25, 0.3) is 0 Å². The Morgan fingerprint density at radius 1 is 1.14 bits per heavy atom. The summed E-state index contributed by atoms with van der Waals surface area (Å²) in [6.07, 6.45) is -6.57.